The van der Waals surface area contributed by atoms with Gasteiger partial charge in [-0.25, -0.2) is 5.43 Å². The van der Waals surface area contributed by atoms with Crippen LogP contribution in [-0.4, -0.2) is 32.9 Å². The third-order valence-corrected chi connectivity index (χ3v) is 4.24. The number of rotatable bonds is 8. The molecule has 0 unspecified atom stereocenters. The van der Waals surface area contributed by atoms with Gasteiger partial charge >= 0.3 is 0 Å². The lowest BCUT2D eigenvalue weighted by Crippen LogP contribution is -2.17. The molecule has 0 spiro atoms. The molecule has 0 fully saturated rings. The van der Waals surface area contributed by atoms with Gasteiger partial charge in [-0.15, -0.1) is 0 Å². The van der Waals surface area contributed by atoms with Crippen molar-refractivity contribution in [3.05, 3.63) is 51.1 Å². The molecule has 0 saturated heterocycles. The number of nitrogens with one attached hydrogen (secondary N) is 1. The van der Waals surface area contributed by atoms with Crippen molar-refractivity contribution < 1.29 is 19.0 Å². The lowest BCUT2D eigenvalue weighted by Gasteiger charge is -2.12. The zero-order valence-corrected chi connectivity index (χ0v) is 17.1. The standard InChI is InChI=1S/C19H21IN2O4/c1-4-9-26-18-16(20)10-13(11-17(18)25-3)12-21-22-19(23)14-5-7-15(24-2)8-6-14/h5-8,10-12H,4,9H2,1-3H3,(H,22,23)/b21-12+. The Bertz CT molecular complexity index is 776. The number of benzene rings is 2. The van der Waals surface area contributed by atoms with Crippen LogP contribution in [-0.2, 0) is 0 Å². The van der Waals surface area contributed by atoms with Gasteiger partial charge in [0, 0.05) is 5.56 Å². The maximum Gasteiger partial charge on any atom is 0.271 e. The normalized spacial score (nSPS) is 10.6. The van der Waals surface area contributed by atoms with Gasteiger partial charge in [0.25, 0.3) is 5.91 Å². The van der Waals surface area contributed by atoms with E-state index in [0.717, 1.165) is 21.3 Å². The number of hydrogen-bond acceptors (Lipinski definition) is 5. The molecule has 0 aliphatic carbocycles. The third-order valence-electron chi connectivity index (χ3n) is 3.43. The number of methoxy groups -OCH3 is 2. The van der Waals surface area contributed by atoms with E-state index in [-0.39, 0.29) is 5.91 Å². The van der Waals surface area contributed by atoms with E-state index in [1.54, 1.807) is 44.7 Å². The number of hydrogen-bond donors (Lipinski definition) is 1. The van der Waals surface area contributed by atoms with E-state index >= 15 is 0 Å². The second-order valence-corrected chi connectivity index (χ2v) is 6.47. The molecule has 0 heterocycles. The summed E-state index contributed by atoms with van der Waals surface area (Å²) in [7, 11) is 3.17. The first-order valence-electron chi connectivity index (χ1n) is 8.06. The van der Waals surface area contributed by atoms with E-state index in [4.69, 9.17) is 14.2 Å². The largest absolute Gasteiger partial charge is 0.497 e. The number of halogens is 1. The molecule has 2 aromatic rings. The summed E-state index contributed by atoms with van der Waals surface area (Å²) in [5.41, 5.74) is 3.80. The van der Waals surface area contributed by atoms with Crippen LogP contribution in [0.1, 0.15) is 29.3 Å². The van der Waals surface area contributed by atoms with Gasteiger partial charge in [-0.2, -0.15) is 5.10 Å². The van der Waals surface area contributed by atoms with Crippen molar-refractivity contribution in [2.24, 2.45) is 5.10 Å². The summed E-state index contributed by atoms with van der Waals surface area (Å²) in [6, 6.07) is 10.5. The minimum absolute atomic E-state index is 0.298. The first kappa shape index (κ1) is 20.0. The molecule has 1 amide bonds. The van der Waals surface area contributed by atoms with Crippen LogP contribution in [0.5, 0.6) is 17.2 Å². The number of hydrazone groups is 1. The monoisotopic (exact) mass is 468 g/mol. The van der Waals surface area contributed by atoms with Gasteiger partial charge < -0.3 is 14.2 Å². The molecule has 1 N–H and O–H groups in total. The smallest absolute Gasteiger partial charge is 0.271 e. The Morgan fingerprint density at radius 3 is 2.54 bits per heavy atom. The fraction of sp³-hybridized carbons (Fsp3) is 0.263. The van der Waals surface area contributed by atoms with Gasteiger partial charge in [0.15, 0.2) is 11.5 Å². The Morgan fingerprint density at radius 1 is 1.19 bits per heavy atom. The second-order valence-electron chi connectivity index (χ2n) is 5.31. The van der Waals surface area contributed by atoms with Crippen molar-refractivity contribution in [3.63, 3.8) is 0 Å². The van der Waals surface area contributed by atoms with Crippen LogP contribution in [0.3, 0.4) is 0 Å². The van der Waals surface area contributed by atoms with Crippen molar-refractivity contribution >= 4 is 34.7 Å². The Hall–Kier alpha value is -2.29. The topological polar surface area (TPSA) is 69.2 Å². The Morgan fingerprint density at radius 2 is 1.92 bits per heavy atom. The molecule has 0 aliphatic rings. The van der Waals surface area contributed by atoms with E-state index in [0.29, 0.717) is 23.7 Å². The summed E-state index contributed by atoms with van der Waals surface area (Å²) in [4.78, 5) is 12.1. The fourth-order valence-electron chi connectivity index (χ4n) is 2.13. The maximum absolute atomic E-state index is 12.1. The van der Waals surface area contributed by atoms with Crippen LogP contribution in [0.2, 0.25) is 0 Å². The molecule has 0 aliphatic heterocycles. The van der Waals surface area contributed by atoms with E-state index in [1.165, 1.54) is 0 Å². The number of nitrogens with zero attached hydrogens (tertiary/aromatic N) is 1. The summed E-state index contributed by atoms with van der Waals surface area (Å²) in [5, 5.41) is 4.01. The molecule has 138 valence electrons. The highest BCUT2D eigenvalue weighted by Crippen LogP contribution is 2.33. The Balaban J connectivity index is 2.07. The van der Waals surface area contributed by atoms with Crippen molar-refractivity contribution in [1.82, 2.24) is 5.43 Å². The summed E-state index contributed by atoms with van der Waals surface area (Å²) < 4.78 is 17.1. The first-order valence-corrected chi connectivity index (χ1v) is 9.14. The molecule has 0 saturated carbocycles. The summed E-state index contributed by atoms with van der Waals surface area (Å²) in [6.45, 7) is 2.67. The van der Waals surface area contributed by atoms with Gasteiger partial charge in [-0.1, -0.05) is 6.92 Å². The zero-order valence-electron chi connectivity index (χ0n) is 14.9. The molecule has 0 radical (unpaired) electrons. The van der Waals surface area contributed by atoms with Gasteiger partial charge in [-0.05, 0) is 71.0 Å². The van der Waals surface area contributed by atoms with Gasteiger partial charge in [-0.3, -0.25) is 4.79 Å². The van der Waals surface area contributed by atoms with E-state index in [9.17, 15) is 4.79 Å². The molecular formula is C19H21IN2O4. The zero-order chi connectivity index (χ0) is 18.9. The average Bonchev–Trinajstić information content (AvgIpc) is 2.66. The van der Waals surface area contributed by atoms with Crippen LogP contribution >= 0.6 is 22.6 Å². The van der Waals surface area contributed by atoms with Gasteiger partial charge in [0.1, 0.15) is 5.75 Å². The minimum atomic E-state index is -0.298. The van der Waals surface area contributed by atoms with E-state index in [2.05, 4.69) is 33.1 Å². The average molecular weight is 468 g/mol. The fourth-order valence-corrected chi connectivity index (χ4v) is 2.91. The van der Waals surface area contributed by atoms with Crippen LogP contribution in [0.25, 0.3) is 0 Å². The van der Waals surface area contributed by atoms with Gasteiger partial charge in [0.05, 0.1) is 30.6 Å². The molecular weight excluding hydrogens is 447 g/mol. The molecule has 0 bridgehead atoms. The molecule has 2 rings (SSSR count). The highest BCUT2D eigenvalue weighted by molar-refractivity contribution is 14.1. The number of ether oxygens (including phenoxy) is 3. The third kappa shape index (κ3) is 5.35. The molecule has 6 nitrogen and oxygen atoms in total. The van der Waals surface area contributed by atoms with Crippen molar-refractivity contribution in [2.45, 2.75) is 13.3 Å². The van der Waals surface area contributed by atoms with Crippen molar-refractivity contribution in [2.75, 3.05) is 20.8 Å². The highest BCUT2D eigenvalue weighted by atomic mass is 127. The second kappa shape index (κ2) is 10.0. The van der Waals surface area contributed by atoms with Crippen molar-refractivity contribution in [3.8, 4) is 17.2 Å². The van der Waals surface area contributed by atoms with Crippen molar-refractivity contribution in [1.29, 1.82) is 0 Å². The molecule has 26 heavy (non-hydrogen) atoms. The summed E-state index contributed by atoms with van der Waals surface area (Å²) >= 11 is 2.19. The highest BCUT2D eigenvalue weighted by Gasteiger charge is 2.11. The maximum atomic E-state index is 12.1. The van der Waals surface area contributed by atoms with Crippen LogP contribution in [0, 0.1) is 3.57 Å². The van der Waals surface area contributed by atoms with Crippen LogP contribution in [0.4, 0.5) is 0 Å². The lowest BCUT2D eigenvalue weighted by molar-refractivity contribution is 0.0955. The Kier molecular flexibility index (Phi) is 7.71. The van der Waals surface area contributed by atoms with E-state index in [1.807, 2.05) is 19.1 Å². The van der Waals surface area contributed by atoms with Crippen LogP contribution in [0.15, 0.2) is 41.5 Å². The lowest BCUT2D eigenvalue weighted by atomic mass is 10.2. The molecule has 2 aromatic carbocycles. The first-order chi connectivity index (χ1) is 12.6. The Labute approximate surface area is 166 Å². The number of carbonyl (C=O) groups is 1. The number of amides is 1. The predicted molar refractivity (Wildman–Crippen MR) is 110 cm³/mol. The summed E-state index contributed by atoms with van der Waals surface area (Å²) in [5.74, 6) is 1.74. The molecule has 7 heteroatoms. The van der Waals surface area contributed by atoms with Gasteiger partial charge in [0.2, 0.25) is 0 Å². The predicted octanol–water partition coefficient (Wildman–Crippen LogP) is 3.86. The summed E-state index contributed by atoms with van der Waals surface area (Å²) in [6.07, 6.45) is 2.48. The molecule has 0 aromatic heterocycles. The molecule has 0 atom stereocenters. The van der Waals surface area contributed by atoms with E-state index < -0.39 is 0 Å². The van der Waals surface area contributed by atoms with Crippen LogP contribution < -0.4 is 19.6 Å². The number of carbonyl (C=O) groups excluding carboxylic acids is 1. The SMILES string of the molecule is CCCOc1c(I)cc(/C=N/NC(=O)c2ccc(OC)cc2)cc1OC. The minimum Gasteiger partial charge on any atom is -0.497 e. The quantitative estimate of drug-likeness (QED) is 0.363.